The van der Waals surface area contributed by atoms with Crippen molar-refractivity contribution in [3.05, 3.63) is 30.7 Å². The van der Waals surface area contributed by atoms with Crippen molar-refractivity contribution >= 4 is 5.69 Å². The van der Waals surface area contributed by atoms with E-state index in [-0.39, 0.29) is 0 Å². The van der Waals surface area contributed by atoms with Crippen molar-refractivity contribution in [3.8, 4) is 11.3 Å². The molecule has 0 aliphatic carbocycles. The van der Waals surface area contributed by atoms with Gasteiger partial charge in [0.05, 0.1) is 5.69 Å². The fourth-order valence-electron chi connectivity index (χ4n) is 1.55. The van der Waals surface area contributed by atoms with E-state index < -0.39 is 0 Å². The van der Waals surface area contributed by atoms with Gasteiger partial charge in [-0.15, -0.1) is 0 Å². The fraction of sp³-hybridized carbons (Fsp3) is 0.333. The molecule has 2 rings (SSSR count). The summed E-state index contributed by atoms with van der Waals surface area (Å²) in [5.74, 6) is 0. The highest BCUT2D eigenvalue weighted by atomic mass is 15.3. The molecule has 0 saturated carbocycles. The van der Waals surface area contributed by atoms with E-state index in [2.05, 4.69) is 23.9 Å². The van der Waals surface area contributed by atoms with Crippen LogP contribution in [0.2, 0.25) is 0 Å². The van der Waals surface area contributed by atoms with E-state index in [1.165, 1.54) is 0 Å². The number of hydrogen-bond donors (Lipinski definition) is 1. The maximum absolute atomic E-state index is 5.95. The molecule has 2 N–H and O–H groups in total. The highest BCUT2D eigenvalue weighted by Crippen LogP contribution is 2.24. The molecule has 0 aliphatic heterocycles. The Morgan fingerprint density at radius 3 is 2.94 bits per heavy atom. The predicted molar refractivity (Wildman–Crippen MR) is 64.9 cm³/mol. The molecule has 4 heteroatoms. The van der Waals surface area contributed by atoms with Gasteiger partial charge < -0.3 is 5.73 Å². The van der Waals surface area contributed by atoms with E-state index in [9.17, 15) is 0 Å². The molecular weight excluding hydrogens is 200 g/mol. The average Bonchev–Trinajstić information content (AvgIpc) is 2.71. The molecule has 2 heterocycles. The minimum atomic E-state index is 0.368. The van der Waals surface area contributed by atoms with E-state index in [0.29, 0.717) is 11.7 Å². The average molecular weight is 216 g/mol. The Morgan fingerprint density at radius 2 is 2.31 bits per heavy atom. The summed E-state index contributed by atoms with van der Waals surface area (Å²) in [5, 5.41) is 4.50. The molecule has 0 fully saturated rings. The van der Waals surface area contributed by atoms with Gasteiger partial charge in [0.2, 0.25) is 0 Å². The van der Waals surface area contributed by atoms with Crippen LogP contribution >= 0.6 is 0 Å². The Kier molecular flexibility index (Phi) is 2.90. The molecule has 4 nitrogen and oxygen atoms in total. The number of nitrogens with two attached hydrogens (primary N) is 1. The zero-order valence-electron chi connectivity index (χ0n) is 9.59. The minimum absolute atomic E-state index is 0.368. The van der Waals surface area contributed by atoms with Gasteiger partial charge in [-0.1, -0.05) is 6.92 Å². The lowest BCUT2D eigenvalue weighted by Crippen LogP contribution is -2.04. The van der Waals surface area contributed by atoms with Gasteiger partial charge in [-0.3, -0.25) is 9.67 Å². The number of rotatable bonds is 3. The lowest BCUT2D eigenvalue weighted by atomic mass is 10.2. The summed E-state index contributed by atoms with van der Waals surface area (Å²) < 4.78 is 1.91. The first-order valence-electron chi connectivity index (χ1n) is 5.47. The lowest BCUT2D eigenvalue weighted by molar-refractivity contribution is 0.479. The molecular formula is C12H16N4. The molecule has 84 valence electrons. The summed E-state index contributed by atoms with van der Waals surface area (Å²) in [6.07, 6.45) is 6.44. The number of nitrogen functional groups attached to an aromatic ring is 1. The maximum atomic E-state index is 5.95. The van der Waals surface area contributed by atoms with Crippen LogP contribution in [0.25, 0.3) is 11.3 Å². The van der Waals surface area contributed by atoms with E-state index in [0.717, 1.165) is 17.7 Å². The molecule has 2 aromatic heterocycles. The fourth-order valence-corrected chi connectivity index (χ4v) is 1.55. The van der Waals surface area contributed by atoms with Crippen LogP contribution in [0.4, 0.5) is 5.69 Å². The molecule has 0 saturated heterocycles. The molecule has 0 radical (unpaired) electrons. The smallest absolute Gasteiger partial charge is 0.117 e. The number of nitrogens with zero attached hydrogens (tertiary/aromatic N) is 3. The van der Waals surface area contributed by atoms with Gasteiger partial charge in [0.1, 0.15) is 5.69 Å². The van der Waals surface area contributed by atoms with E-state index in [1.807, 2.05) is 23.0 Å². The Labute approximate surface area is 95.1 Å². The number of pyridine rings is 1. The van der Waals surface area contributed by atoms with Crippen LogP contribution in [0.3, 0.4) is 0 Å². The second kappa shape index (κ2) is 4.35. The van der Waals surface area contributed by atoms with Gasteiger partial charge in [-0.25, -0.2) is 0 Å². The molecule has 1 unspecified atom stereocenters. The van der Waals surface area contributed by atoms with E-state index >= 15 is 0 Å². The van der Waals surface area contributed by atoms with E-state index in [4.69, 9.17) is 5.73 Å². The third-order valence-electron chi connectivity index (χ3n) is 2.74. The zero-order valence-corrected chi connectivity index (χ0v) is 9.59. The van der Waals surface area contributed by atoms with Crippen LogP contribution in [-0.2, 0) is 0 Å². The van der Waals surface area contributed by atoms with Gasteiger partial charge in [0, 0.05) is 30.2 Å². The van der Waals surface area contributed by atoms with Gasteiger partial charge in [0.15, 0.2) is 0 Å². The van der Waals surface area contributed by atoms with Crippen LogP contribution in [0.5, 0.6) is 0 Å². The van der Waals surface area contributed by atoms with Gasteiger partial charge in [-0.05, 0) is 25.5 Å². The second-order valence-corrected chi connectivity index (χ2v) is 3.91. The van der Waals surface area contributed by atoms with Gasteiger partial charge >= 0.3 is 0 Å². The summed E-state index contributed by atoms with van der Waals surface area (Å²) in [7, 11) is 0. The third kappa shape index (κ3) is 1.91. The molecule has 0 amide bonds. The molecule has 1 atom stereocenters. The van der Waals surface area contributed by atoms with Gasteiger partial charge in [-0.2, -0.15) is 5.10 Å². The second-order valence-electron chi connectivity index (χ2n) is 3.91. The molecule has 16 heavy (non-hydrogen) atoms. The normalized spacial score (nSPS) is 12.6. The highest BCUT2D eigenvalue weighted by molar-refractivity contribution is 5.71. The summed E-state index contributed by atoms with van der Waals surface area (Å²) >= 11 is 0. The Balaban J connectivity index is 2.40. The van der Waals surface area contributed by atoms with Crippen LogP contribution < -0.4 is 5.73 Å². The zero-order chi connectivity index (χ0) is 11.5. The number of anilines is 1. The third-order valence-corrected chi connectivity index (χ3v) is 2.74. The summed E-state index contributed by atoms with van der Waals surface area (Å²) in [6.45, 7) is 4.26. The quantitative estimate of drug-likeness (QED) is 0.857. The molecule has 0 bridgehead atoms. The Bertz CT molecular complexity index is 461. The standard InChI is InChI=1S/C12H16N4/c1-3-9(2)16-8-11(13)12(15-16)10-5-4-6-14-7-10/h4-9H,3,13H2,1-2H3. The van der Waals surface area contributed by atoms with E-state index in [1.54, 1.807) is 12.4 Å². The van der Waals surface area contributed by atoms with Crippen molar-refractivity contribution < 1.29 is 0 Å². The van der Waals surface area contributed by atoms with Crippen molar-refractivity contribution in [3.63, 3.8) is 0 Å². The summed E-state index contributed by atoms with van der Waals surface area (Å²) in [5.41, 5.74) is 8.43. The number of hydrogen-bond acceptors (Lipinski definition) is 3. The van der Waals surface area contributed by atoms with Crippen LogP contribution in [-0.4, -0.2) is 14.8 Å². The summed E-state index contributed by atoms with van der Waals surface area (Å²) in [6, 6.07) is 4.22. The molecule has 2 aromatic rings. The van der Waals surface area contributed by atoms with Crippen LogP contribution in [0, 0.1) is 0 Å². The van der Waals surface area contributed by atoms with Crippen molar-refractivity contribution in [1.29, 1.82) is 0 Å². The lowest BCUT2D eigenvalue weighted by Gasteiger charge is -2.07. The van der Waals surface area contributed by atoms with Crippen molar-refractivity contribution in [2.24, 2.45) is 0 Å². The first-order chi connectivity index (χ1) is 7.72. The Morgan fingerprint density at radius 1 is 1.50 bits per heavy atom. The highest BCUT2D eigenvalue weighted by Gasteiger charge is 2.11. The Hall–Kier alpha value is -1.84. The monoisotopic (exact) mass is 216 g/mol. The first kappa shape index (κ1) is 10.7. The minimum Gasteiger partial charge on any atom is -0.396 e. The van der Waals surface area contributed by atoms with Crippen molar-refractivity contribution in [2.75, 3.05) is 5.73 Å². The topological polar surface area (TPSA) is 56.7 Å². The SMILES string of the molecule is CCC(C)n1cc(N)c(-c2cccnc2)n1. The van der Waals surface area contributed by atoms with Crippen molar-refractivity contribution in [2.45, 2.75) is 26.3 Å². The molecule has 0 spiro atoms. The predicted octanol–water partition coefficient (Wildman–Crippen LogP) is 2.50. The molecule has 0 aliphatic rings. The van der Waals surface area contributed by atoms with Gasteiger partial charge in [0.25, 0.3) is 0 Å². The van der Waals surface area contributed by atoms with Crippen molar-refractivity contribution in [1.82, 2.24) is 14.8 Å². The van der Waals surface area contributed by atoms with Crippen LogP contribution in [0.15, 0.2) is 30.7 Å². The maximum Gasteiger partial charge on any atom is 0.117 e. The first-order valence-corrected chi connectivity index (χ1v) is 5.47. The van der Waals surface area contributed by atoms with Crippen LogP contribution in [0.1, 0.15) is 26.3 Å². The largest absolute Gasteiger partial charge is 0.396 e. The molecule has 0 aromatic carbocycles. The number of aromatic nitrogens is 3. The summed E-state index contributed by atoms with van der Waals surface area (Å²) in [4.78, 5) is 4.07.